The molecule has 0 aliphatic carbocycles. The van der Waals surface area contributed by atoms with Gasteiger partial charge >= 0.3 is 5.97 Å². The summed E-state index contributed by atoms with van der Waals surface area (Å²) in [5.74, 6) is -1.22. The number of hydrogen-bond donors (Lipinski definition) is 1. The van der Waals surface area contributed by atoms with Crippen LogP contribution in [-0.2, 0) is 4.79 Å². The van der Waals surface area contributed by atoms with E-state index in [1.807, 2.05) is 32.0 Å². The molecule has 7 heteroatoms. The third-order valence-corrected chi connectivity index (χ3v) is 3.69. The minimum atomic E-state index is -2.69. The van der Waals surface area contributed by atoms with E-state index in [9.17, 15) is 13.6 Å². The average molecular weight is 312 g/mol. The highest BCUT2D eigenvalue weighted by atomic mass is 32.2. The molecule has 1 aromatic carbocycles. The van der Waals surface area contributed by atoms with Gasteiger partial charge in [0.2, 0.25) is 0 Å². The summed E-state index contributed by atoms with van der Waals surface area (Å²) >= 11 is 0.968. The maximum Gasteiger partial charge on any atom is 0.313 e. The van der Waals surface area contributed by atoms with Gasteiger partial charge in [-0.1, -0.05) is 17.8 Å². The number of carboxylic acid groups (broad SMARTS) is 1. The molecule has 0 spiro atoms. The maximum absolute atomic E-state index is 12.8. The van der Waals surface area contributed by atoms with Crippen LogP contribution in [-0.4, -0.2) is 26.6 Å². The number of aliphatic carboxylic acids is 1. The molecule has 2 rings (SSSR count). The highest BCUT2D eigenvalue weighted by molar-refractivity contribution is 7.99. The first-order valence-corrected chi connectivity index (χ1v) is 7.17. The lowest BCUT2D eigenvalue weighted by atomic mass is 10.1. The van der Waals surface area contributed by atoms with E-state index in [1.165, 1.54) is 10.7 Å². The molecular formula is C14H14F2N2O2S. The number of hydrogen-bond acceptors (Lipinski definition) is 3. The lowest BCUT2D eigenvalue weighted by Crippen LogP contribution is -2.03. The second kappa shape index (κ2) is 6.26. The van der Waals surface area contributed by atoms with E-state index in [0.717, 1.165) is 22.9 Å². The summed E-state index contributed by atoms with van der Waals surface area (Å²) in [7, 11) is 0. The lowest BCUT2D eigenvalue weighted by Gasteiger charge is -2.08. The molecule has 0 aliphatic rings. The summed E-state index contributed by atoms with van der Waals surface area (Å²) < 4.78 is 27.0. The van der Waals surface area contributed by atoms with Crippen molar-refractivity contribution in [3.05, 3.63) is 41.1 Å². The van der Waals surface area contributed by atoms with Gasteiger partial charge in [-0.2, -0.15) is 5.10 Å². The van der Waals surface area contributed by atoms with E-state index in [0.29, 0.717) is 10.7 Å². The molecule has 0 fully saturated rings. The molecule has 2 aromatic rings. The zero-order valence-corrected chi connectivity index (χ0v) is 12.3. The van der Waals surface area contributed by atoms with E-state index in [4.69, 9.17) is 5.11 Å². The molecule has 112 valence electrons. The van der Waals surface area contributed by atoms with Gasteiger partial charge in [0.1, 0.15) is 10.7 Å². The van der Waals surface area contributed by atoms with E-state index in [1.54, 1.807) is 0 Å². The van der Waals surface area contributed by atoms with Crippen LogP contribution in [0, 0.1) is 13.8 Å². The van der Waals surface area contributed by atoms with Gasteiger partial charge in [-0.15, -0.1) is 0 Å². The van der Waals surface area contributed by atoms with Crippen molar-refractivity contribution < 1.29 is 18.7 Å². The third-order valence-electron chi connectivity index (χ3n) is 2.71. The Morgan fingerprint density at radius 3 is 2.43 bits per heavy atom. The Hall–Kier alpha value is -1.89. The Balaban J connectivity index is 2.46. The van der Waals surface area contributed by atoms with Gasteiger partial charge in [0.15, 0.2) is 0 Å². The molecular weight excluding hydrogens is 298 g/mol. The second-order valence-electron chi connectivity index (χ2n) is 4.65. The second-order valence-corrected chi connectivity index (χ2v) is 5.64. The van der Waals surface area contributed by atoms with Crippen LogP contribution in [0.15, 0.2) is 29.3 Å². The zero-order valence-electron chi connectivity index (χ0n) is 11.5. The van der Waals surface area contributed by atoms with Crippen molar-refractivity contribution in [1.82, 2.24) is 9.78 Å². The molecule has 0 aliphatic heterocycles. The van der Waals surface area contributed by atoms with Crippen molar-refractivity contribution in [2.24, 2.45) is 0 Å². The van der Waals surface area contributed by atoms with E-state index >= 15 is 0 Å². The van der Waals surface area contributed by atoms with Crippen molar-refractivity contribution in [1.29, 1.82) is 0 Å². The largest absolute Gasteiger partial charge is 0.481 e. The number of halogens is 2. The molecule has 0 bridgehead atoms. The first-order valence-electron chi connectivity index (χ1n) is 6.18. The van der Waals surface area contributed by atoms with Crippen molar-refractivity contribution in [3.8, 4) is 5.69 Å². The summed E-state index contributed by atoms with van der Waals surface area (Å²) in [6.07, 6.45) is -2.69. The molecule has 0 saturated carbocycles. The van der Waals surface area contributed by atoms with Gasteiger partial charge in [0.05, 0.1) is 11.4 Å². The molecule has 21 heavy (non-hydrogen) atoms. The molecule has 1 aromatic heterocycles. The Labute approximate surface area is 124 Å². The van der Waals surface area contributed by atoms with Gasteiger partial charge in [-0.3, -0.25) is 4.79 Å². The van der Waals surface area contributed by atoms with Crippen LogP contribution in [0.3, 0.4) is 0 Å². The molecule has 0 saturated heterocycles. The third kappa shape index (κ3) is 3.81. The number of carboxylic acids is 1. The smallest absolute Gasteiger partial charge is 0.313 e. The standard InChI is InChI=1S/C14H14F2N2O2S/c1-8-3-9(2)5-10(4-8)18-12(21-7-13(19)20)6-11(17-18)14(15)16/h3-6,14H,7H2,1-2H3,(H,19,20). The van der Waals surface area contributed by atoms with Gasteiger partial charge in [-0.05, 0) is 43.2 Å². The highest BCUT2D eigenvalue weighted by Crippen LogP contribution is 2.28. The predicted octanol–water partition coefficient (Wildman–Crippen LogP) is 3.60. The number of benzene rings is 1. The monoisotopic (exact) mass is 312 g/mol. The Morgan fingerprint density at radius 2 is 1.90 bits per heavy atom. The average Bonchev–Trinajstić information content (AvgIpc) is 2.79. The van der Waals surface area contributed by atoms with Crippen molar-refractivity contribution >= 4 is 17.7 Å². The number of alkyl halides is 2. The first kappa shape index (κ1) is 15.5. The summed E-state index contributed by atoms with van der Waals surface area (Å²) in [6, 6.07) is 6.83. The fourth-order valence-corrected chi connectivity index (χ4v) is 2.73. The van der Waals surface area contributed by atoms with Crippen LogP contribution in [0.4, 0.5) is 8.78 Å². The summed E-state index contributed by atoms with van der Waals surface area (Å²) in [6.45, 7) is 3.80. The van der Waals surface area contributed by atoms with Crippen molar-refractivity contribution in [2.75, 3.05) is 5.75 Å². The molecule has 0 unspecified atom stereocenters. The topological polar surface area (TPSA) is 55.1 Å². The Bertz CT molecular complexity index is 651. The van der Waals surface area contributed by atoms with Crippen LogP contribution in [0.25, 0.3) is 5.69 Å². The number of aromatic nitrogens is 2. The summed E-state index contributed by atoms with van der Waals surface area (Å²) in [5.41, 5.74) is 2.25. The fourth-order valence-electron chi connectivity index (χ4n) is 1.98. The number of nitrogens with zero attached hydrogens (tertiary/aromatic N) is 2. The molecule has 1 N–H and O–H groups in total. The van der Waals surface area contributed by atoms with Crippen molar-refractivity contribution in [2.45, 2.75) is 25.3 Å². The van der Waals surface area contributed by atoms with Crippen LogP contribution in [0.5, 0.6) is 0 Å². The predicted molar refractivity (Wildman–Crippen MR) is 76.4 cm³/mol. The fraction of sp³-hybridized carbons (Fsp3) is 0.286. The number of rotatable bonds is 5. The zero-order chi connectivity index (χ0) is 15.6. The van der Waals surface area contributed by atoms with E-state index in [-0.39, 0.29) is 11.4 Å². The van der Waals surface area contributed by atoms with Crippen LogP contribution < -0.4 is 0 Å². The number of thioether (sulfide) groups is 1. The molecule has 4 nitrogen and oxygen atoms in total. The maximum atomic E-state index is 12.8. The van der Waals surface area contributed by atoms with Crippen LogP contribution in [0.1, 0.15) is 23.2 Å². The lowest BCUT2D eigenvalue weighted by molar-refractivity contribution is -0.133. The summed E-state index contributed by atoms with van der Waals surface area (Å²) in [4.78, 5) is 10.7. The minimum Gasteiger partial charge on any atom is -0.481 e. The van der Waals surface area contributed by atoms with E-state index < -0.39 is 12.4 Å². The number of aryl methyl sites for hydroxylation is 2. The van der Waals surface area contributed by atoms with E-state index in [2.05, 4.69) is 5.10 Å². The number of carbonyl (C=O) groups is 1. The Morgan fingerprint density at radius 1 is 1.29 bits per heavy atom. The highest BCUT2D eigenvalue weighted by Gasteiger charge is 2.18. The van der Waals surface area contributed by atoms with Gasteiger partial charge in [0, 0.05) is 0 Å². The molecule has 0 radical (unpaired) electrons. The van der Waals surface area contributed by atoms with Gasteiger partial charge in [-0.25, -0.2) is 13.5 Å². The molecule has 1 heterocycles. The molecule has 0 amide bonds. The normalized spacial score (nSPS) is 11.1. The quantitative estimate of drug-likeness (QED) is 0.857. The van der Waals surface area contributed by atoms with Gasteiger partial charge < -0.3 is 5.11 Å². The van der Waals surface area contributed by atoms with Crippen molar-refractivity contribution in [3.63, 3.8) is 0 Å². The minimum absolute atomic E-state index is 0.209. The molecule has 0 atom stereocenters. The SMILES string of the molecule is Cc1cc(C)cc(-n2nc(C(F)F)cc2SCC(=O)O)c1. The summed E-state index contributed by atoms with van der Waals surface area (Å²) in [5, 5.41) is 13.0. The Kier molecular flexibility index (Phi) is 4.62. The van der Waals surface area contributed by atoms with Crippen LogP contribution in [0.2, 0.25) is 0 Å². The first-order chi connectivity index (χ1) is 9.86. The van der Waals surface area contributed by atoms with Gasteiger partial charge in [0.25, 0.3) is 6.43 Å². The van der Waals surface area contributed by atoms with Crippen LogP contribution >= 0.6 is 11.8 Å².